The molecular formula is C26H42ClN4O5S2-. The molecule has 2 aliphatic carbocycles. The molecule has 9 nitrogen and oxygen atoms in total. The molecule has 0 spiro atoms. The number of fused-ring (bicyclic) bond motifs is 2. The second kappa shape index (κ2) is 11.2. The maximum absolute atomic E-state index is 13.8. The van der Waals surface area contributed by atoms with Gasteiger partial charge in [0.05, 0.1) is 17.5 Å². The Balaban J connectivity index is 0.00000400. The number of hydrogen-bond donors (Lipinski definition) is 2. The number of sulfone groups is 1. The highest BCUT2D eigenvalue weighted by Crippen LogP contribution is 2.66. The molecular weight excluding hydrogens is 548 g/mol. The number of rotatable bonds is 9. The predicted molar refractivity (Wildman–Crippen MR) is 147 cm³/mol. The number of nitrogens with one attached hydrogen (secondary N) is 1. The predicted octanol–water partition coefficient (Wildman–Crippen LogP) is -1.48. The number of nitrogens with two attached hydrogens (primary N) is 1. The largest absolute Gasteiger partial charge is 1.00 e. The van der Waals surface area contributed by atoms with Gasteiger partial charge < -0.3 is 28.4 Å². The number of para-hydroxylation sites is 1. The molecule has 1 aromatic rings. The van der Waals surface area contributed by atoms with Crippen molar-refractivity contribution < 1.29 is 34.0 Å². The van der Waals surface area contributed by atoms with E-state index in [1.807, 2.05) is 12.1 Å². The average Bonchev–Trinajstić information content (AvgIpc) is 3.17. The lowest BCUT2D eigenvalue weighted by molar-refractivity contribution is -0.124. The Hall–Kier alpha value is -1.40. The van der Waals surface area contributed by atoms with E-state index in [9.17, 15) is 21.6 Å². The molecule has 1 aromatic carbocycles. The van der Waals surface area contributed by atoms with Gasteiger partial charge in [-0.25, -0.2) is 16.8 Å². The Labute approximate surface area is 234 Å². The fourth-order valence-electron chi connectivity index (χ4n) is 6.92. The van der Waals surface area contributed by atoms with Crippen LogP contribution in [0.3, 0.4) is 0 Å². The topological polar surface area (TPSA) is 130 Å². The summed E-state index contributed by atoms with van der Waals surface area (Å²) in [6, 6.07) is 6.90. The summed E-state index contributed by atoms with van der Waals surface area (Å²) in [6.07, 6.45) is 3.55. The highest BCUT2D eigenvalue weighted by Gasteiger charge is 2.66. The summed E-state index contributed by atoms with van der Waals surface area (Å²) in [5.74, 6) is -0.245. The van der Waals surface area contributed by atoms with Crippen molar-refractivity contribution >= 4 is 31.5 Å². The second-order valence-corrected chi connectivity index (χ2v) is 16.1. The van der Waals surface area contributed by atoms with Gasteiger partial charge in [0.1, 0.15) is 9.84 Å². The number of hydrogen-bond acceptors (Lipinski definition) is 7. The minimum atomic E-state index is -3.57. The zero-order valence-electron chi connectivity index (χ0n) is 22.8. The fraction of sp³-hybridized carbons (Fsp3) is 0.731. The van der Waals surface area contributed by atoms with Crippen LogP contribution in [0.15, 0.2) is 24.3 Å². The van der Waals surface area contributed by atoms with Crippen LogP contribution in [0.25, 0.3) is 0 Å². The number of amides is 1. The van der Waals surface area contributed by atoms with Crippen LogP contribution in [0.1, 0.15) is 45.1 Å². The van der Waals surface area contributed by atoms with Crippen molar-refractivity contribution in [2.24, 2.45) is 22.5 Å². The number of sulfonamides is 1. The Bertz CT molecular complexity index is 1230. The van der Waals surface area contributed by atoms with Gasteiger partial charge in [0.15, 0.2) is 0 Å². The molecule has 3 N–H and O–H groups in total. The number of aryl methyl sites for hydroxylation is 1. The Morgan fingerprint density at radius 3 is 2.34 bits per heavy atom. The summed E-state index contributed by atoms with van der Waals surface area (Å²) >= 11 is 0. The molecule has 1 aliphatic heterocycles. The van der Waals surface area contributed by atoms with Gasteiger partial charge >= 0.3 is 0 Å². The number of benzene rings is 1. The van der Waals surface area contributed by atoms with Crippen molar-refractivity contribution in [1.82, 2.24) is 9.62 Å². The first kappa shape index (κ1) is 31.1. The molecule has 1 amide bonds. The van der Waals surface area contributed by atoms with Crippen LogP contribution >= 0.6 is 0 Å². The lowest BCUT2D eigenvalue weighted by Gasteiger charge is -2.44. The molecule has 3 fully saturated rings. The highest BCUT2D eigenvalue weighted by molar-refractivity contribution is 7.90. The summed E-state index contributed by atoms with van der Waals surface area (Å²) in [6.45, 7) is 8.47. The van der Waals surface area contributed by atoms with Gasteiger partial charge in [-0.3, -0.25) is 4.79 Å². The third-order valence-corrected chi connectivity index (χ3v) is 12.4. The summed E-state index contributed by atoms with van der Waals surface area (Å²) < 4.78 is 52.2. The number of piperazine rings is 1. The molecule has 2 saturated carbocycles. The number of anilines is 1. The van der Waals surface area contributed by atoms with Crippen molar-refractivity contribution in [3.8, 4) is 0 Å². The first-order valence-corrected chi connectivity index (χ1v) is 16.9. The second-order valence-electron chi connectivity index (χ2n) is 11.9. The molecule has 2 bridgehead atoms. The maximum atomic E-state index is 13.8. The molecule has 4 rings (SSSR count). The quantitative estimate of drug-likeness (QED) is 0.359. The van der Waals surface area contributed by atoms with Crippen LogP contribution in [-0.4, -0.2) is 83.1 Å². The molecule has 3 unspecified atom stereocenters. The number of halogens is 1. The van der Waals surface area contributed by atoms with Crippen molar-refractivity contribution in [3.63, 3.8) is 0 Å². The van der Waals surface area contributed by atoms with E-state index in [1.165, 1.54) is 5.56 Å². The third kappa shape index (κ3) is 6.01. The van der Waals surface area contributed by atoms with Crippen LogP contribution in [0.2, 0.25) is 0 Å². The molecule has 0 aromatic heterocycles. The molecule has 12 heteroatoms. The highest BCUT2D eigenvalue weighted by atomic mass is 35.5. The fourth-order valence-corrected chi connectivity index (χ4v) is 9.87. The molecule has 216 valence electrons. The smallest absolute Gasteiger partial charge is 0.237 e. The van der Waals surface area contributed by atoms with E-state index in [1.54, 1.807) is 4.31 Å². The summed E-state index contributed by atoms with van der Waals surface area (Å²) in [4.78, 5) is 15.2. The zero-order chi connectivity index (χ0) is 27.2. The van der Waals surface area contributed by atoms with Gasteiger partial charge in [0.25, 0.3) is 0 Å². The number of carbonyl (C=O) groups is 1. The van der Waals surface area contributed by atoms with Gasteiger partial charge in [0.2, 0.25) is 15.9 Å². The van der Waals surface area contributed by atoms with E-state index < -0.39 is 37.2 Å². The van der Waals surface area contributed by atoms with Crippen molar-refractivity contribution in [2.75, 3.05) is 48.8 Å². The zero-order valence-corrected chi connectivity index (χ0v) is 25.2. The van der Waals surface area contributed by atoms with Crippen molar-refractivity contribution in [3.05, 3.63) is 29.8 Å². The van der Waals surface area contributed by atoms with Crippen LogP contribution in [0.4, 0.5) is 5.69 Å². The molecule has 38 heavy (non-hydrogen) atoms. The first-order valence-electron chi connectivity index (χ1n) is 13.2. The summed E-state index contributed by atoms with van der Waals surface area (Å²) in [5.41, 5.74) is 7.50. The lowest BCUT2D eigenvalue weighted by Crippen LogP contribution is -3.00. The van der Waals surface area contributed by atoms with Gasteiger partial charge in [0, 0.05) is 49.6 Å². The minimum absolute atomic E-state index is 0. The van der Waals surface area contributed by atoms with Gasteiger partial charge in [-0.2, -0.15) is 4.31 Å². The van der Waals surface area contributed by atoms with Crippen molar-refractivity contribution in [1.29, 1.82) is 0 Å². The number of carbonyl (C=O) groups excluding carboxylic acids is 1. The Morgan fingerprint density at radius 2 is 1.76 bits per heavy atom. The van der Waals surface area contributed by atoms with E-state index in [4.69, 9.17) is 5.73 Å². The SMILES string of the molecule is Cc1ccccc1N1CCN(S(=O)(=O)C[C@]23CCC(CC2NC(=O)C(N)CCS(C)(=O)=O)C3(C)C)CC1.[Cl-]. The van der Waals surface area contributed by atoms with E-state index in [0.717, 1.165) is 24.8 Å². The normalized spacial score (nSPS) is 28.1. The number of nitrogens with zero attached hydrogens (tertiary/aromatic N) is 2. The molecule has 1 saturated heterocycles. The van der Waals surface area contributed by atoms with Crippen LogP contribution < -0.4 is 28.4 Å². The Kier molecular flexibility index (Phi) is 9.20. The summed E-state index contributed by atoms with van der Waals surface area (Å²) in [7, 11) is -6.80. The first-order chi connectivity index (χ1) is 17.2. The van der Waals surface area contributed by atoms with E-state index in [2.05, 4.69) is 43.1 Å². The molecule has 4 atom stereocenters. The monoisotopic (exact) mass is 589 g/mol. The Morgan fingerprint density at radius 1 is 1.13 bits per heavy atom. The van der Waals surface area contributed by atoms with Crippen LogP contribution in [0.5, 0.6) is 0 Å². The lowest BCUT2D eigenvalue weighted by atomic mass is 9.69. The van der Waals surface area contributed by atoms with E-state index in [0.29, 0.717) is 38.5 Å². The van der Waals surface area contributed by atoms with E-state index in [-0.39, 0.29) is 41.8 Å². The van der Waals surface area contributed by atoms with Crippen LogP contribution in [0, 0.1) is 23.7 Å². The van der Waals surface area contributed by atoms with E-state index >= 15 is 0 Å². The minimum Gasteiger partial charge on any atom is -1.00 e. The molecule has 1 heterocycles. The molecule has 3 aliphatic rings. The average molecular weight is 590 g/mol. The maximum Gasteiger partial charge on any atom is 0.237 e. The molecule has 0 radical (unpaired) electrons. The van der Waals surface area contributed by atoms with Gasteiger partial charge in [-0.05, 0) is 55.6 Å². The standard InChI is InChI=1S/C26H42N4O5S2.ClH/c1-19-7-5-6-8-22(19)29-12-14-30(15-13-29)37(34,35)18-26-11-9-20(25(26,2)3)17-23(26)28-24(31)21(27)10-16-36(4,32)33;/h5-8,20-21,23H,9-18,27H2,1-4H3,(H,28,31);1H/p-1/t20?,21?,23?,26-;/m1./s1. The van der Waals surface area contributed by atoms with Gasteiger partial charge in [-0.1, -0.05) is 32.0 Å². The summed E-state index contributed by atoms with van der Waals surface area (Å²) in [5, 5.41) is 3.05. The van der Waals surface area contributed by atoms with Gasteiger partial charge in [-0.15, -0.1) is 0 Å². The van der Waals surface area contributed by atoms with Crippen LogP contribution in [-0.2, 0) is 24.7 Å². The third-order valence-electron chi connectivity index (χ3n) is 9.41. The van der Waals surface area contributed by atoms with Crippen molar-refractivity contribution in [2.45, 2.75) is 58.5 Å².